The summed E-state index contributed by atoms with van der Waals surface area (Å²) in [6.07, 6.45) is 16.1. The second kappa shape index (κ2) is 11.1. The van der Waals surface area contributed by atoms with Crippen LogP contribution in [0.25, 0.3) is 0 Å². The molecule has 0 aliphatic rings. The minimum absolute atomic E-state index is 0.855. The average molecular weight is 271 g/mol. The summed E-state index contributed by atoms with van der Waals surface area (Å²) in [4.78, 5) is 0. The van der Waals surface area contributed by atoms with Crippen LogP contribution in [0.2, 0.25) is 25.2 Å². The monoisotopic (exact) mass is 270 g/mol. The lowest BCUT2D eigenvalue weighted by Crippen LogP contribution is -2.25. The van der Waals surface area contributed by atoms with E-state index in [1.165, 1.54) is 70.6 Å². The molecule has 0 saturated heterocycles. The van der Waals surface area contributed by atoms with Gasteiger partial charge in [0.1, 0.15) is 0 Å². The van der Waals surface area contributed by atoms with Gasteiger partial charge in [-0.05, 0) is 5.54 Å². The van der Waals surface area contributed by atoms with Crippen LogP contribution < -0.4 is 0 Å². The highest BCUT2D eigenvalue weighted by molar-refractivity contribution is 6.77. The van der Waals surface area contributed by atoms with Crippen molar-refractivity contribution in [3.63, 3.8) is 0 Å². The first-order chi connectivity index (χ1) is 8.48. The highest BCUT2D eigenvalue weighted by atomic mass is 28.3. The van der Waals surface area contributed by atoms with Crippen LogP contribution in [0.1, 0.15) is 84.5 Å². The summed E-state index contributed by atoms with van der Waals surface area (Å²) >= 11 is 0. The van der Waals surface area contributed by atoms with Gasteiger partial charge >= 0.3 is 0 Å². The van der Waals surface area contributed by atoms with E-state index < -0.39 is 8.07 Å². The zero-order valence-corrected chi connectivity index (χ0v) is 14.9. The van der Waals surface area contributed by atoms with Crippen LogP contribution in [0.15, 0.2) is 0 Å². The van der Waals surface area contributed by atoms with E-state index in [1.807, 2.05) is 0 Å². The van der Waals surface area contributed by atoms with E-state index in [9.17, 15) is 0 Å². The number of unbranched alkanes of at least 4 members (excludes halogenated alkanes) is 9. The molecular formula is C17H38Si. The fourth-order valence-electron chi connectivity index (χ4n) is 2.37. The predicted octanol–water partition coefficient (Wildman–Crippen LogP) is 7.03. The third-order valence-corrected chi connectivity index (χ3v) is 7.71. The van der Waals surface area contributed by atoms with Crippen LogP contribution in [0.5, 0.6) is 0 Å². The van der Waals surface area contributed by atoms with Gasteiger partial charge in [-0.1, -0.05) is 104 Å². The van der Waals surface area contributed by atoms with Gasteiger partial charge in [0.05, 0.1) is 0 Å². The molecular weight excluding hydrogens is 232 g/mol. The van der Waals surface area contributed by atoms with Crippen LogP contribution in [0.3, 0.4) is 0 Å². The molecule has 0 aliphatic heterocycles. The zero-order chi connectivity index (χ0) is 13.9. The van der Waals surface area contributed by atoms with Crippen molar-refractivity contribution in [2.24, 2.45) is 0 Å². The third kappa shape index (κ3) is 11.3. The lowest BCUT2D eigenvalue weighted by molar-refractivity contribution is 0.546. The van der Waals surface area contributed by atoms with Crippen molar-refractivity contribution in [1.82, 2.24) is 0 Å². The van der Waals surface area contributed by atoms with E-state index in [0.29, 0.717) is 0 Å². The molecule has 0 aromatic rings. The molecule has 0 aromatic carbocycles. The van der Waals surface area contributed by atoms with E-state index in [-0.39, 0.29) is 0 Å². The van der Waals surface area contributed by atoms with Crippen LogP contribution >= 0.6 is 0 Å². The second-order valence-electron chi connectivity index (χ2n) is 7.24. The summed E-state index contributed by atoms with van der Waals surface area (Å²) in [5, 5.41) is 0. The van der Waals surface area contributed by atoms with Gasteiger partial charge in [-0.3, -0.25) is 0 Å². The van der Waals surface area contributed by atoms with Crippen molar-refractivity contribution < 1.29 is 0 Å². The van der Waals surface area contributed by atoms with E-state index >= 15 is 0 Å². The van der Waals surface area contributed by atoms with E-state index in [2.05, 4.69) is 33.5 Å². The molecule has 1 unspecified atom stereocenters. The van der Waals surface area contributed by atoms with Gasteiger partial charge in [0.25, 0.3) is 0 Å². The minimum Gasteiger partial charge on any atom is -0.0694 e. The number of rotatable bonds is 12. The zero-order valence-electron chi connectivity index (χ0n) is 13.9. The van der Waals surface area contributed by atoms with Gasteiger partial charge in [0, 0.05) is 8.07 Å². The fraction of sp³-hybridized carbons (Fsp3) is 1.00. The van der Waals surface area contributed by atoms with E-state index in [0.717, 1.165) is 5.54 Å². The van der Waals surface area contributed by atoms with Crippen molar-refractivity contribution in [2.45, 2.75) is 110 Å². The molecule has 1 atom stereocenters. The summed E-state index contributed by atoms with van der Waals surface area (Å²) < 4.78 is 0. The second-order valence-corrected chi connectivity index (χ2v) is 13.0. The Hall–Kier alpha value is 0.217. The first-order valence-electron chi connectivity index (χ1n) is 8.48. The quantitative estimate of drug-likeness (QED) is 0.264. The average Bonchev–Trinajstić information content (AvgIpc) is 2.30. The molecule has 0 aromatic heterocycles. The van der Waals surface area contributed by atoms with E-state index in [1.54, 1.807) is 0 Å². The van der Waals surface area contributed by atoms with Crippen molar-refractivity contribution in [3.05, 3.63) is 0 Å². The molecule has 0 spiro atoms. The molecule has 0 amide bonds. The van der Waals surface area contributed by atoms with Crippen molar-refractivity contribution >= 4 is 8.07 Å². The summed E-state index contributed by atoms with van der Waals surface area (Å²) in [7, 11) is -0.855. The maximum atomic E-state index is 2.51. The third-order valence-electron chi connectivity index (χ3n) is 4.47. The molecule has 0 bridgehead atoms. The predicted molar refractivity (Wildman–Crippen MR) is 89.2 cm³/mol. The van der Waals surface area contributed by atoms with Crippen molar-refractivity contribution in [1.29, 1.82) is 0 Å². The number of hydrogen-bond donors (Lipinski definition) is 0. The first-order valence-corrected chi connectivity index (χ1v) is 12.1. The summed E-state index contributed by atoms with van der Waals surface area (Å²) in [6, 6.07) is 0. The Kier molecular flexibility index (Phi) is 11.2. The minimum atomic E-state index is -0.855. The van der Waals surface area contributed by atoms with Gasteiger partial charge < -0.3 is 0 Å². The number of hydrogen-bond acceptors (Lipinski definition) is 0. The Morgan fingerprint density at radius 3 is 1.44 bits per heavy atom. The maximum absolute atomic E-state index is 2.51. The molecule has 0 N–H and O–H groups in total. The molecule has 0 saturated carbocycles. The smallest absolute Gasteiger partial charge is 0.0471 e. The van der Waals surface area contributed by atoms with Gasteiger partial charge in [-0.15, -0.1) is 0 Å². The van der Waals surface area contributed by atoms with Crippen LogP contribution in [0.4, 0.5) is 0 Å². The summed E-state index contributed by atoms with van der Waals surface area (Å²) in [5.74, 6) is 0. The lowest BCUT2D eigenvalue weighted by Gasteiger charge is -2.24. The topological polar surface area (TPSA) is 0 Å². The van der Waals surface area contributed by atoms with Crippen molar-refractivity contribution in [2.75, 3.05) is 0 Å². The van der Waals surface area contributed by atoms with Crippen LogP contribution in [0, 0.1) is 0 Å². The Bertz CT molecular complexity index is 169. The van der Waals surface area contributed by atoms with Gasteiger partial charge in [-0.2, -0.15) is 0 Å². The first kappa shape index (κ1) is 18.2. The highest BCUT2D eigenvalue weighted by Gasteiger charge is 2.21. The molecule has 18 heavy (non-hydrogen) atoms. The lowest BCUT2D eigenvalue weighted by atomic mass is 10.1. The summed E-state index contributed by atoms with van der Waals surface area (Å²) in [6.45, 7) is 12.3. The summed E-state index contributed by atoms with van der Waals surface area (Å²) in [5.41, 5.74) is 1.01. The fourth-order valence-corrected chi connectivity index (χ4v) is 3.44. The molecule has 0 heterocycles. The van der Waals surface area contributed by atoms with Crippen molar-refractivity contribution in [3.8, 4) is 0 Å². The Morgan fingerprint density at radius 2 is 1.06 bits per heavy atom. The van der Waals surface area contributed by atoms with Gasteiger partial charge in [0.15, 0.2) is 0 Å². The maximum Gasteiger partial charge on any atom is 0.0471 e. The normalized spacial score (nSPS) is 13.8. The van der Waals surface area contributed by atoms with E-state index in [4.69, 9.17) is 0 Å². The Morgan fingerprint density at radius 1 is 0.667 bits per heavy atom. The standard InChI is InChI=1S/C17H38Si/c1-6-7-8-9-10-11-12-13-14-15-16-17(2)18(3,4)5/h17H,6-16H2,1-5H3. The molecule has 1 heteroatoms. The molecule has 110 valence electrons. The Labute approximate surface area is 118 Å². The molecule has 0 rings (SSSR count). The van der Waals surface area contributed by atoms with Crippen LogP contribution in [-0.2, 0) is 0 Å². The largest absolute Gasteiger partial charge is 0.0694 e. The van der Waals surface area contributed by atoms with Gasteiger partial charge in [-0.25, -0.2) is 0 Å². The molecule has 0 radical (unpaired) electrons. The Balaban J connectivity index is 3.17. The molecule has 0 nitrogen and oxygen atoms in total. The molecule has 0 fully saturated rings. The van der Waals surface area contributed by atoms with Crippen LogP contribution in [-0.4, -0.2) is 8.07 Å². The highest BCUT2D eigenvalue weighted by Crippen LogP contribution is 2.27. The van der Waals surface area contributed by atoms with Gasteiger partial charge in [0.2, 0.25) is 0 Å². The SMILES string of the molecule is CCCCCCCCCCCCC(C)[Si](C)(C)C. The molecule has 0 aliphatic carbocycles.